The summed E-state index contributed by atoms with van der Waals surface area (Å²) < 4.78 is 20.9. The molecule has 8 nitrogen and oxygen atoms in total. The molecule has 2 heterocycles. The van der Waals surface area contributed by atoms with Crippen LogP contribution in [0.1, 0.15) is 54.4 Å². The maximum Gasteiger partial charge on any atom is 0.252 e. The summed E-state index contributed by atoms with van der Waals surface area (Å²) in [5, 5.41) is 13.6. The number of halogens is 1. The van der Waals surface area contributed by atoms with Crippen molar-refractivity contribution >= 4 is 10.9 Å². The average molecular weight is 541 g/mol. The summed E-state index contributed by atoms with van der Waals surface area (Å²) in [6.07, 6.45) is 1.61. The molecule has 1 atom stereocenters. The lowest BCUT2D eigenvalue weighted by molar-refractivity contribution is 0.159. The molecule has 3 aromatic carbocycles. The Morgan fingerprint density at radius 1 is 0.975 bits per heavy atom. The van der Waals surface area contributed by atoms with E-state index in [1.807, 2.05) is 42.5 Å². The molecule has 0 unspecified atom stereocenters. The fourth-order valence-electron chi connectivity index (χ4n) is 5.12. The van der Waals surface area contributed by atoms with Gasteiger partial charge in [0.2, 0.25) is 0 Å². The van der Waals surface area contributed by atoms with Gasteiger partial charge in [-0.25, -0.2) is 9.07 Å². The largest absolute Gasteiger partial charge is 0.496 e. The molecular formula is C31H33FN6O2. The SMILES string of the molecule is CCc1ccc2[nH]c(=O)c(CN(Cc3ccccc3OC)[C@@H](CC)c3nnnn3Cc3ccc(F)cc3)cc2c1. The second-order valence-electron chi connectivity index (χ2n) is 9.86. The van der Waals surface area contributed by atoms with E-state index >= 15 is 0 Å². The Balaban J connectivity index is 1.54. The average Bonchev–Trinajstić information content (AvgIpc) is 3.42. The van der Waals surface area contributed by atoms with Crippen LogP contribution < -0.4 is 10.3 Å². The number of hydrogen-bond donors (Lipinski definition) is 1. The molecule has 206 valence electrons. The molecule has 40 heavy (non-hydrogen) atoms. The molecule has 0 aliphatic rings. The zero-order valence-electron chi connectivity index (χ0n) is 23.0. The molecule has 9 heteroatoms. The van der Waals surface area contributed by atoms with E-state index in [0.29, 0.717) is 37.4 Å². The lowest BCUT2D eigenvalue weighted by Gasteiger charge is -2.30. The van der Waals surface area contributed by atoms with Gasteiger partial charge < -0.3 is 9.72 Å². The third-order valence-electron chi connectivity index (χ3n) is 7.26. The van der Waals surface area contributed by atoms with Gasteiger partial charge >= 0.3 is 0 Å². The molecule has 2 aromatic heterocycles. The van der Waals surface area contributed by atoms with Crippen LogP contribution in [-0.2, 0) is 26.1 Å². The van der Waals surface area contributed by atoms with E-state index < -0.39 is 0 Å². The quantitative estimate of drug-likeness (QED) is 0.240. The molecule has 0 amide bonds. The van der Waals surface area contributed by atoms with Crippen molar-refractivity contribution in [1.82, 2.24) is 30.1 Å². The highest BCUT2D eigenvalue weighted by atomic mass is 19.1. The normalized spacial score (nSPS) is 12.2. The van der Waals surface area contributed by atoms with Crippen molar-refractivity contribution in [3.05, 3.63) is 117 Å². The zero-order valence-corrected chi connectivity index (χ0v) is 23.0. The van der Waals surface area contributed by atoms with Crippen LogP contribution in [0.5, 0.6) is 5.75 Å². The van der Waals surface area contributed by atoms with Crippen molar-refractivity contribution in [2.45, 2.75) is 52.4 Å². The Labute approximate surface area is 232 Å². The standard InChI is InChI=1S/C31H33FN6O2/c1-4-21-12-15-27-24(16-21)17-25(31(39)33-27)20-37(19-23-8-6-7-9-29(23)40-3)28(5-2)30-34-35-36-38(30)18-22-10-13-26(32)14-11-22/h6-17,28H,4-5,18-20H2,1-3H3,(H,33,39)/t28-/m0/s1. The molecule has 0 bridgehead atoms. The maximum atomic E-state index is 13.5. The van der Waals surface area contributed by atoms with Crippen molar-refractivity contribution in [3.63, 3.8) is 0 Å². The monoisotopic (exact) mass is 540 g/mol. The van der Waals surface area contributed by atoms with Crippen LogP contribution in [0.15, 0.2) is 77.6 Å². The Bertz CT molecular complexity index is 1650. The molecule has 0 radical (unpaired) electrons. The summed E-state index contributed by atoms with van der Waals surface area (Å²) in [5.74, 6) is 1.15. The van der Waals surface area contributed by atoms with Crippen LogP contribution in [0.3, 0.4) is 0 Å². The van der Waals surface area contributed by atoms with E-state index in [1.54, 1.807) is 23.9 Å². The first-order valence-electron chi connectivity index (χ1n) is 13.5. The number of aryl methyl sites for hydroxylation is 1. The van der Waals surface area contributed by atoms with Crippen LogP contribution in [0.25, 0.3) is 10.9 Å². The zero-order chi connectivity index (χ0) is 28.1. The highest BCUT2D eigenvalue weighted by Gasteiger charge is 2.27. The minimum atomic E-state index is -0.290. The van der Waals surface area contributed by atoms with Crippen LogP contribution >= 0.6 is 0 Å². The number of methoxy groups -OCH3 is 1. The summed E-state index contributed by atoms with van der Waals surface area (Å²) in [5.41, 5.74) is 4.44. The van der Waals surface area contributed by atoms with E-state index in [1.165, 1.54) is 17.7 Å². The van der Waals surface area contributed by atoms with Gasteiger partial charge in [-0.05, 0) is 76.2 Å². The van der Waals surface area contributed by atoms with Gasteiger partial charge in [0.05, 0.1) is 19.7 Å². The number of pyridine rings is 1. The summed E-state index contributed by atoms with van der Waals surface area (Å²) in [7, 11) is 1.66. The second kappa shape index (κ2) is 12.2. The van der Waals surface area contributed by atoms with Gasteiger partial charge in [-0.15, -0.1) is 5.10 Å². The summed E-state index contributed by atoms with van der Waals surface area (Å²) in [6.45, 7) is 5.48. The van der Waals surface area contributed by atoms with Crippen molar-refractivity contribution in [3.8, 4) is 5.75 Å². The lowest BCUT2D eigenvalue weighted by Crippen LogP contribution is -2.32. The van der Waals surface area contributed by atoms with Gasteiger partial charge in [0.1, 0.15) is 11.6 Å². The minimum Gasteiger partial charge on any atom is -0.496 e. The van der Waals surface area contributed by atoms with Crippen molar-refractivity contribution in [2.75, 3.05) is 7.11 Å². The first-order chi connectivity index (χ1) is 19.5. The Kier molecular flexibility index (Phi) is 8.31. The van der Waals surface area contributed by atoms with Crippen molar-refractivity contribution in [1.29, 1.82) is 0 Å². The smallest absolute Gasteiger partial charge is 0.252 e. The van der Waals surface area contributed by atoms with E-state index in [0.717, 1.165) is 34.2 Å². The Morgan fingerprint density at radius 3 is 2.48 bits per heavy atom. The van der Waals surface area contributed by atoms with Crippen LogP contribution in [0, 0.1) is 5.82 Å². The van der Waals surface area contributed by atoms with E-state index in [-0.39, 0.29) is 17.4 Å². The predicted octanol–water partition coefficient (Wildman–Crippen LogP) is 5.43. The van der Waals surface area contributed by atoms with Gasteiger partial charge in [0.15, 0.2) is 5.82 Å². The molecule has 0 saturated heterocycles. The first-order valence-corrected chi connectivity index (χ1v) is 13.5. The number of nitrogens with zero attached hydrogens (tertiary/aromatic N) is 5. The highest BCUT2D eigenvalue weighted by Crippen LogP contribution is 2.29. The first kappa shape index (κ1) is 27.2. The number of hydrogen-bond acceptors (Lipinski definition) is 6. The molecule has 0 fully saturated rings. The minimum absolute atomic E-state index is 0.123. The molecule has 0 saturated carbocycles. The summed E-state index contributed by atoms with van der Waals surface area (Å²) >= 11 is 0. The number of para-hydroxylation sites is 1. The fourth-order valence-corrected chi connectivity index (χ4v) is 5.12. The number of H-pyrrole nitrogens is 1. The van der Waals surface area contributed by atoms with Crippen molar-refractivity contribution < 1.29 is 9.13 Å². The number of aromatic nitrogens is 5. The number of rotatable bonds is 11. The topological polar surface area (TPSA) is 88.9 Å². The van der Waals surface area contributed by atoms with Crippen LogP contribution in [-0.4, -0.2) is 37.2 Å². The van der Waals surface area contributed by atoms with Crippen LogP contribution in [0.2, 0.25) is 0 Å². The molecule has 1 N–H and O–H groups in total. The highest BCUT2D eigenvalue weighted by molar-refractivity contribution is 5.79. The maximum absolute atomic E-state index is 13.5. The molecule has 5 rings (SSSR count). The molecular weight excluding hydrogens is 507 g/mol. The molecule has 5 aromatic rings. The molecule has 0 aliphatic carbocycles. The van der Waals surface area contributed by atoms with E-state index in [2.05, 4.69) is 45.3 Å². The van der Waals surface area contributed by atoms with E-state index in [9.17, 15) is 9.18 Å². The molecule has 0 aliphatic heterocycles. The third-order valence-corrected chi connectivity index (χ3v) is 7.26. The molecule has 0 spiro atoms. The summed E-state index contributed by atoms with van der Waals surface area (Å²) in [4.78, 5) is 18.5. The number of benzene rings is 3. The van der Waals surface area contributed by atoms with Gasteiger partial charge in [-0.1, -0.05) is 50.2 Å². The number of fused-ring (bicyclic) bond motifs is 1. The van der Waals surface area contributed by atoms with Crippen molar-refractivity contribution in [2.24, 2.45) is 0 Å². The number of ether oxygens (including phenoxy) is 1. The fraction of sp³-hybridized carbons (Fsp3) is 0.290. The predicted molar refractivity (Wildman–Crippen MR) is 153 cm³/mol. The number of nitrogens with one attached hydrogen (secondary N) is 1. The second-order valence-corrected chi connectivity index (χ2v) is 9.86. The van der Waals surface area contributed by atoms with Gasteiger partial charge in [0, 0.05) is 29.7 Å². The number of tetrazole rings is 1. The number of aromatic amines is 1. The van der Waals surface area contributed by atoms with E-state index in [4.69, 9.17) is 4.74 Å². The van der Waals surface area contributed by atoms with Gasteiger partial charge in [-0.2, -0.15) is 0 Å². The van der Waals surface area contributed by atoms with Gasteiger partial charge in [0.25, 0.3) is 5.56 Å². The summed E-state index contributed by atoms with van der Waals surface area (Å²) in [6, 6.07) is 22.1. The van der Waals surface area contributed by atoms with Crippen LogP contribution in [0.4, 0.5) is 4.39 Å². The Morgan fingerprint density at radius 2 is 1.73 bits per heavy atom. The lowest BCUT2D eigenvalue weighted by atomic mass is 10.1. The third kappa shape index (κ3) is 5.94. The Hall–Kier alpha value is -4.37. The van der Waals surface area contributed by atoms with Gasteiger partial charge in [-0.3, -0.25) is 9.69 Å².